The molecule has 0 amide bonds. The van der Waals surface area contributed by atoms with Crippen LogP contribution in [0.15, 0.2) is 39.9 Å². The van der Waals surface area contributed by atoms with Crippen LogP contribution in [-0.4, -0.2) is 34.0 Å². The Bertz CT molecular complexity index is 962. The van der Waals surface area contributed by atoms with E-state index in [4.69, 9.17) is 5.73 Å². The smallest absolute Gasteiger partial charge is 0.332 e. The number of rotatable bonds is 6. The largest absolute Gasteiger partial charge is 0.384 e. The quantitative estimate of drug-likeness (QED) is 0.700. The number of hydrogen-bond acceptors (Lipinski definition) is 4. The van der Waals surface area contributed by atoms with Gasteiger partial charge in [0.05, 0.1) is 19.1 Å². The third kappa shape index (κ3) is 3.94. The molecule has 0 radical (unpaired) electrons. The Kier molecular flexibility index (Phi) is 6.14. The second-order valence-corrected chi connectivity index (χ2v) is 7.57. The van der Waals surface area contributed by atoms with Crippen LogP contribution in [0.25, 0.3) is 0 Å². The number of nitrogen functional groups attached to an aromatic ring is 1. The third-order valence-electron chi connectivity index (χ3n) is 5.72. The first kappa shape index (κ1) is 20.1. The van der Waals surface area contributed by atoms with Gasteiger partial charge in [-0.05, 0) is 38.7 Å². The molecule has 1 aromatic heterocycles. The molecule has 1 fully saturated rings. The average Bonchev–Trinajstić information content (AvgIpc) is 2.68. The number of likely N-dealkylation sites (tertiary alicyclic amines) is 1. The molecule has 2 aromatic rings. The summed E-state index contributed by atoms with van der Waals surface area (Å²) in [6.45, 7) is 5.41. The highest BCUT2D eigenvalue weighted by atomic mass is 16.2. The number of quaternary nitrogens is 1. The molecule has 150 valence electrons. The highest BCUT2D eigenvalue weighted by molar-refractivity contribution is 6.00. The van der Waals surface area contributed by atoms with Gasteiger partial charge in [0, 0.05) is 6.54 Å². The fourth-order valence-electron chi connectivity index (χ4n) is 3.99. The predicted octanol–water partition coefficient (Wildman–Crippen LogP) is 0.300. The number of nitrogens with two attached hydrogens (primary N) is 1. The van der Waals surface area contributed by atoms with Crippen molar-refractivity contribution in [2.24, 2.45) is 0 Å². The lowest BCUT2D eigenvalue weighted by atomic mass is 10.0. The number of Topliss-reactive ketones (excluding diaryl/α,β-unsaturated/α-hetero) is 1. The lowest BCUT2D eigenvalue weighted by Crippen LogP contribution is -3.17. The van der Waals surface area contributed by atoms with Gasteiger partial charge in [-0.3, -0.25) is 18.7 Å². The van der Waals surface area contributed by atoms with E-state index in [0.29, 0.717) is 6.04 Å². The maximum atomic E-state index is 13.1. The molecule has 28 heavy (non-hydrogen) atoms. The van der Waals surface area contributed by atoms with E-state index in [1.807, 2.05) is 30.3 Å². The number of aromatic nitrogens is 2. The molecule has 2 atom stereocenters. The van der Waals surface area contributed by atoms with Crippen LogP contribution in [-0.2, 0) is 13.1 Å². The van der Waals surface area contributed by atoms with E-state index in [2.05, 4.69) is 6.92 Å². The molecule has 2 heterocycles. The van der Waals surface area contributed by atoms with Crippen LogP contribution in [0.4, 0.5) is 5.82 Å². The number of carbonyl (C=O) groups is 1. The summed E-state index contributed by atoms with van der Waals surface area (Å²) in [6.07, 6.45) is 3.32. The van der Waals surface area contributed by atoms with E-state index >= 15 is 0 Å². The number of ketones is 1. The maximum absolute atomic E-state index is 13.1. The second-order valence-electron chi connectivity index (χ2n) is 7.57. The highest BCUT2D eigenvalue weighted by Gasteiger charge is 2.29. The Morgan fingerprint density at radius 3 is 2.54 bits per heavy atom. The summed E-state index contributed by atoms with van der Waals surface area (Å²) in [7, 11) is 0. The monoisotopic (exact) mass is 385 g/mol. The van der Waals surface area contributed by atoms with Crippen LogP contribution in [0.3, 0.4) is 0 Å². The minimum absolute atomic E-state index is 0.0300. The summed E-state index contributed by atoms with van der Waals surface area (Å²) in [5.41, 5.74) is 5.98. The van der Waals surface area contributed by atoms with Crippen molar-refractivity contribution in [3.8, 4) is 0 Å². The fraction of sp³-hybridized carbons (Fsp3) is 0.476. The van der Waals surface area contributed by atoms with Gasteiger partial charge < -0.3 is 10.6 Å². The van der Waals surface area contributed by atoms with Crippen LogP contribution in [0.2, 0.25) is 0 Å². The summed E-state index contributed by atoms with van der Waals surface area (Å²) >= 11 is 0. The predicted molar refractivity (Wildman–Crippen MR) is 109 cm³/mol. The number of carbonyl (C=O) groups excluding carboxylic acids is 1. The number of anilines is 1. The average molecular weight is 385 g/mol. The number of nitrogens with zero attached hydrogens (tertiary/aromatic N) is 2. The lowest BCUT2D eigenvalue weighted by Gasteiger charge is -2.29. The molecule has 0 bridgehead atoms. The summed E-state index contributed by atoms with van der Waals surface area (Å²) in [5, 5.41) is 0. The molecule has 1 saturated heterocycles. The SMILES string of the molecule is CCn1c(=O)c(C(=O)C[NH+]2CCCC[C@@H]2C)c(N)n(Cc2ccccc2)c1=O. The molecule has 1 aromatic carbocycles. The molecule has 1 unspecified atom stereocenters. The molecule has 3 rings (SSSR count). The van der Waals surface area contributed by atoms with Crippen molar-refractivity contribution in [3.63, 3.8) is 0 Å². The first-order valence-electron chi connectivity index (χ1n) is 9.98. The van der Waals surface area contributed by atoms with Crippen molar-refractivity contribution < 1.29 is 9.69 Å². The lowest BCUT2D eigenvalue weighted by molar-refractivity contribution is -0.920. The van der Waals surface area contributed by atoms with Crippen molar-refractivity contribution in [1.29, 1.82) is 0 Å². The van der Waals surface area contributed by atoms with Crippen LogP contribution in [0.1, 0.15) is 49.0 Å². The van der Waals surface area contributed by atoms with Gasteiger partial charge in [0.25, 0.3) is 5.56 Å². The number of nitrogens with one attached hydrogen (secondary N) is 1. The van der Waals surface area contributed by atoms with E-state index in [1.54, 1.807) is 6.92 Å². The Labute approximate surface area is 164 Å². The van der Waals surface area contributed by atoms with E-state index in [0.717, 1.165) is 29.5 Å². The van der Waals surface area contributed by atoms with Gasteiger partial charge in [0.1, 0.15) is 17.9 Å². The third-order valence-corrected chi connectivity index (χ3v) is 5.72. The number of benzene rings is 1. The molecular formula is C21H29N4O3+. The molecule has 1 aliphatic heterocycles. The van der Waals surface area contributed by atoms with E-state index in [1.165, 1.54) is 15.9 Å². The summed E-state index contributed by atoms with van der Waals surface area (Å²) in [6, 6.07) is 9.78. The first-order valence-corrected chi connectivity index (χ1v) is 9.98. The topological polar surface area (TPSA) is 91.5 Å². The van der Waals surface area contributed by atoms with Crippen molar-refractivity contribution >= 4 is 11.6 Å². The number of hydrogen-bond donors (Lipinski definition) is 2. The molecule has 3 N–H and O–H groups in total. The molecule has 7 nitrogen and oxygen atoms in total. The van der Waals surface area contributed by atoms with Gasteiger partial charge in [-0.25, -0.2) is 4.79 Å². The highest BCUT2D eigenvalue weighted by Crippen LogP contribution is 2.10. The zero-order valence-corrected chi connectivity index (χ0v) is 16.6. The van der Waals surface area contributed by atoms with Crippen LogP contribution in [0, 0.1) is 0 Å². The summed E-state index contributed by atoms with van der Waals surface area (Å²) in [5.74, 6) is -0.312. The van der Waals surface area contributed by atoms with E-state index in [-0.39, 0.29) is 36.8 Å². The van der Waals surface area contributed by atoms with Crippen LogP contribution >= 0.6 is 0 Å². The Morgan fingerprint density at radius 1 is 1.18 bits per heavy atom. The van der Waals surface area contributed by atoms with Crippen LogP contribution in [0.5, 0.6) is 0 Å². The Morgan fingerprint density at radius 2 is 1.89 bits per heavy atom. The van der Waals surface area contributed by atoms with E-state index < -0.39 is 11.2 Å². The Balaban J connectivity index is 2.02. The van der Waals surface area contributed by atoms with Crippen LogP contribution < -0.4 is 21.9 Å². The number of piperidine rings is 1. The second kappa shape index (κ2) is 8.56. The molecule has 0 saturated carbocycles. The minimum atomic E-state index is -0.580. The molecule has 7 heteroatoms. The van der Waals surface area contributed by atoms with Gasteiger partial charge in [0.2, 0.25) is 5.78 Å². The van der Waals surface area contributed by atoms with Crippen molar-refractivity contribution in [1.82, 2.24) is 9.13 Å². The molecule has 0 aliphatic carbocycles. The fourth-order valence-corrected chi connectivity index (χ4v) is 3.99. The zero-order chi connectivity index (χ0) is 20.3. The maximum Gasteiger partial charge on any atom is 0.332 e. The standard InChI is InChI=1S/C21H28N4O3/c1-3-24-20(27)18(17(26)14-23-12-8-7-9-15(23)2)19(22)25(21(24)28)13-16-10-5-4-6-11-16/h4-6,10-11,15H,3,7-9,12-14,22H2,1-2H3/p+1/t15-/m0/s1. The van der Waals surface area contributed by atoms with Crippen molar-refractivity contribution in [2.75, 3.05) is 18.8 Å². The van der Waals surface area contributed by atoms with Gasteiger partial charge >= 0.3 is 5.69 Å². The van der Waals surface area contributed by atoms with Gasteiger partial charge in [-0.15, -0.1) is 0 Å². The molecule has 1 aliphatic rings. The summed E-state index contributed by atoms with van der Waals surface area (Å²) < 4.78 is 2.43. The minimum Gasteiger partial charge on any atom is -0.384 e. The van der Waals surface area contributed by atoms with Crippen molar-refractivity contribution in [3.05, 3.63) is 62.3 Å². The zero-order valence-electron chi connectivity index (χ0n) is 16.6. The first-order chi connectivity index (χ1) is 13.4. The normalized spacial score (nSPS) is 19.5. The molecular weight excluding hydrogens is 356 g/mol. The molecule has 0 spiro atoms. The summed E-state index contributed by atoms with van der Waals surface area (Å²) in [4.78, 5) is 39.9. The van der Waals surface area contributed by atoms with E-state index in [9.17, 15) is 14.4 Å². The Hall–Kier alpha value is -2.67. The van der Waals surface area contributed by atoms with Gasteiger partial charge in [-0.2, -0.15) is 0 Å². The van der Waals surface area contributed by atoms with Gasteiger partial charge in [0.15, 0.2) is 0 Å². The van der Waals surface area contributed by atoms with Gasteiger partial charge in [-0.1, -0.05) is 30.3 Å². The van der Waals surface area contributed by atoms with Crippen molar-refractivity contribution in [2.45, 2.75) is 52.2 Å².